The second kappa shape index (κ2) is 4.41. The Labute approximate surface area is 103 Å². The van der Waals surface area contributed by atoms with Crippen molar-refractivity contribution in [3.63, 3.8) is 0 Å². The Morgan fingerprint density at radius 1 is 1.22 bits per heavy atom. The van der Waals surface area contributed by atoms with E-state index in [1.54, 1.807) is 7.05 Å². The van der Waals surface area contributed by atoms with Gasteiger partial charge in [0.1, 0.15) is 5.82 Å². The van der Waals surface area contributed by atoms with Crippen LogP contribution in [0.3, 0.4) is 0 Å². The summed E-state index contributed by atoms with van der Waals surface area (Å²) in [5.41, 5.74) is 5.70. The maximum atomic E-state index is 12.2. The van der Waals surface area contributed by atoms with Gasteiger partial charge in [0.25, 0.3) is 5.56 Å². The lowest BCUT2D eigenvalue weighted by Gasteiger charge is -2.06. The molecule has 7 nitrogen and oxygen atoms in total. The normalized spacial score (nSPS) is 11.3. The molecule has 0 spiro atoms. The zero-order valence-electron chi connectivity index (χ0n) is 10.8. The van der Waals surface area contributed by atoms with Crippen molar-refractivity contribution in [3.05, 3.63) is 26.7 Å². The molecule has 2 N–H and O–H groups in total. The van der Waals surface area contributed by atoms with Crippen LogP contribution >= 0.6 is 0 Å². The molecule has 0 aliphatic rings. The molecular weight excluding hydrogens is 234 g/mol. The van der Waals surface area contributed by atoms with Crippen molar-refractivity contribution in [1.29, 1.82) is 0 Å². The predicted octanol–water partition coefficient (Wildman–Crippen LogP) is -0.909. The van der Waals surface area contributed by atoms with E-state index in [2.05, 4.69) is 4.98 Å². The Hall–Kier alpha value is -1.89. The fourth-order valence-electron chi connectivity index (χ4n) is 2.08. The van der Waals surface area contributed by atoms with E-state index in [1.807, 2.05) is 11.5 Å². The maximum Gasteiger partial charge on any atom is 0.332 e. The number of nitrogens with zero attached hydrogens (tertiary/aromatic N) is 4. The molecule has 0 amide bonds. The first kappa shape index (κ1) is 12.6. The van der Waals surface area contributed by atoms with E-state index < -0.39 is 0 Å². The molecule has 0 fully saturated rings. The molecule has 0 aliphatic heterocycles. The second-order valence-corrected chi connectivity index (χ2v) is 4.33. The van der Waals surface area contributed by atoms with Crippen LogP contribution in [0.4, 0.5) is 0 Å². The van der Waals surface area contributed by atoms with E-state index in [0.29, 0.717) is 24.3 Å². The fourth-order valence-corrected chi connectivity index (χ4v) is 2.08. The number of rotatable bonds is 3. The van der Waals surface area contributed by atoms with Crippen molar-refractivity contribution in [2.24, 2.45) is 19.8 Å². The molecule has 18 heavy (non-hydrogen) atoms. The van der Waals surface area contributed by atoms with Crippen LogP contribution in [-0.4, -0.2) is 25.2 Å². The van der Waals surface area contributed by atoms with Gasteiger partial charge in [-0.15, -0.1) is 0 Å². The van der Waals surface area contributed by atoms with Gasteiger partial charge >= 0.3 is 5.69 Å². The molecule has 0 unspecified atom stereocenters. The zero-order valence-corrected chi connectivity index (χ0v) is 10.8. The molecule has 0 atom stereocenters. The first-order chi connectivity index (χ1) is 8.49. The van der Waals surface area contributed by atoms with Gasteiger partial charge in [-0.2, -0.15) is 0 Å². The third kappa shape index (κ3) is 1.67. The number of fused-ring (bicyclic) bond motifs is 1. The molecule has 2 aromatic heterocycles. The number of aromatic nitrogens is 4. The van der Waals surface area contributed by atoms with Crippen molar-refractivity contribution in [1.82, 2.24) is 18.7 Å². The standard InChI is InChI=1S/C11H17N5O2/c1-7-13-9-8(16(7)6-4-5-12)10(17)15(3)11(18)14(9)2/h4-6,12H2,1-3H3. The molecule has 7 heteroatoms. The summed E-state index contributed by atoms with van der Waals surface area (Å²) in [4.78, 5) is 28.3. The Morgan fingerprint density at radius 3 is 2.50 bits per heavy atom. The Kier molecular flexibility index (Phi) is 3.08. The van der Waals surface area contributed by atoms with Crippen molar-refractivity contribution >= 4 is 11.2 Å². The van der Waals surface area contributed by atoms with Crippen LogP contribution in [0.15, 0.2) is 9.59 Å². The summed E-state index contributed by atoms with van der Waals surface area (Å²) in [5.74, 6) is 0.719. The van der Waals surface area contributed by atoms with Gasteiger partial charge in [-0.3, -0.25) is 13.9 Å². The van der Waals surface area contributed by atoms with Crippen LogP contribution < -0.4 is 17.0 Å². The topological polar surface area (TPSA) is 87.8 Å². The molecule has 0 saturated carbocycles. The van der Waals surface area contributed by atoms with Crippen molar-refractivity contribution in [2.45, 2.75) is 19.9 Å². The SMILES string of the molecule is Cc1nc2c(c(=O)n(C)c(=O)n2C)n1CCCN. The summed E-state index contributed by atoms with van der Waals surface area (Å²) in [5, 5.41) is 0. The predicted molar refractivity (Wildman–Crippen MR) is 68.6 cm³/mol. The van der Waals surface area contributed by atoms with E-state index in [0.717, 1.165) is 16.8 Å². The molecular formula is C11H17N5O2. The first-order valence-electron chi connectivity index (χ1n) is 5.82. The molecule has 2 heterocycles. The fraction of sp³-hybridized carbons (Fsp3) is 0.545. The second-order valence-electron chi connectivity index (χ2n) is 4.33. The highest BCUT2D eigenvalue weighted by molar-refractivity contribution is 5.70. The van der Waals surface area contributed by atoms with Gasteiger partial charge in [-0.1, -0.05) is 0 Å². The zero-order chi connectivity index (χ0) is 13.4. The summed E-state index contributed by atoms with van der Waals surface area (Å²) in [6, 6.07) is 0. The largest absolute Gasteiger partial charge is 0.332 e. The minimum Gasteiger partial charge on any atom is -0.330 e. The monoisotopic (exact) mass is 251 g/mol. The molecule has 0 saturated heterocycles. The molecule has 2 aromatic rings. The lowest BCUT2D eigenvalue weighted by atomic mass is 10.4. The van der Waals surface area contributed by atoms with Gasteiger partial charge in [0.2, 0.25) is 0 Å². The number of hydrogen-bond donors (Lipinski definition) is 1. The minimum atomic E-state index is -0.365. The summed E-state index contributed by atoms with van der Waals surface area (Å²) < 4.78 is 4.31. The summed E-state index contributed by atoms with van der Waals surface area (Å²) in [6.07, 6.45) is 0.762. The van der Waals surface area contributed by atoms with Crippen molar-refractivity contribution < 1.29 is 0 Å². The first-order valence-corrected chi connectivity index (χ1v) is 5.82. The molecule has 0 aliphatic carbocycles. The lowest BCUT2D eigenvalue weighted by molar-refractivity contribution is 0.641. The third-order valence-electron chi connectivity index (χ3n) is 3.12. The van der Waals surface area contributed by atoms with Gasteiger partial charge < -0.3 is 10.3 Å². The highest BCUT2D eigenvalue weighted by Gasteiger charge is 2.16. The number of aryl methyl sites for hydroxylation is 3. The third-order valence-corrected chi connectivity index (χ3v) is 3.12. The van der Waals surface area contributed by atoms with Gasteiger partial charge in [0, 0.05) is 20.6 Å². The number of nitrogens with two attached hydrogens (primary N) is 1. The van der Waals surface area contributed by atoms with Gasteiger partial charge in [0.05, 0.1) is 0 Å². The van der Waals surface area contributed by atoms with Crippen LogP contribution in [0.1, 0.15) is 12.2 Å². The lowest BCUT2D eigenvalue weighted by Crippen LogP contribution is -2.37. The Morgan fingerprint density at radius 2 is 1.89 bits per heavy atom. The van der Waals surface area contributed by atoms with Gasteiger partial charge in [-0.05, 0) is 19.9 Å². The quantitative estimate of drug-likeness (QED) is 0.765. The molecule has 0 aromatic carbocycles. The molecule has 98 valence electrons. The smallest absolute Gasteiger partial charge is 0.330 e. The maximum absolute atomic E-state index is 12.2. The highest BCUT2D eigenvalue weighted by Crippen LogP contribution is 2.10. The minimum absolute atomic E-state index is 0.314. The molecule has 2 rings (SSSR count). The van der Waals surface area contributed by atoms with Crippen LogP contribution in [0.5, 0.6) is 0 Å². The van der Waals surface area contributed by atoms with Gasteiger partial charge in [0.15, 0.2) is 11.2 Å². The van der Waals surface area contributed by atoms with E-state index in [4.69, 9.17) is 5.73 Å². The molecule has 0 radical (unpaired) electrons. The summed E-state index contributed by atoms with van der Waals surface area (Å²) >= 11 is 0. The molecule has 0 bridgehead atoms. The van der Waals surface area contributed by atoms with E-state index in [1.165, 1.54) is 11.6 Å². The Balaban J connectivity index is 2.86. The average molecular weight is 251 g/mol. The average Bonchev–Trinajstić information content (AvgIpc) is 2.68. The van der Waals surface area contributed by atoms with Crippen LogP contribution in [0.25, 0.3) is 11.2 Å². The van der Waals surface area contributed by atoms with Crippen molar-refractivity contribution in [2.75, 3.05) is 6.54 Å². The van der Waals surface area contributed by atoms with Crippen molar-refractivity contribution in [3.8, 4) is 0 Å². The van der Waals surface area contributed by atoms with E-state index in [-0.39, 0.29) is 11.2 Å². The summed E-state index contributed by atoms with van der Waals surface area (Å²) in [6.45, 7) is 3.00. The number of hydrogen-bond acceptors (Lipinski definition) is 4. The highest BCUT2D eigenvalue weighted by atomic mass is 16.2. The Bertz CT molecular complexity index is 707. The van der Waals surface area contributed by atoms with Gasteiger partial charge in [-0.25, -0.2) is 9.78 Å². The van der Waals surface area contributed by atoms with Crippen LogP contribution in [-0.2, 0) is 20.6 Å². The summed E-state index contributed by atoms with van der Waals surface area (Å²) in [7, 11) is 3.09. The number of imidazole rings is 1. The van der Waals surface area contributed by atoms with E-state index >= 15 is 0 Å². The van der Waals surface area contributed by atoms with E-state index in [9.17, 15) is 9.59 Å². The van der Waals surface area contributed by atoms with Crippen LogP contribution in [0.2, 0.25) is 0 Å². The van der Waals surface area contributed by atoms with Crippen LogP contribution in [0, 0.1) is 6.92 Å².